The molecule has 6 nitrogen and oxygen atoms in total. The molecule has 0 aromatic rings. The molecule has 6 heteroatoms. The van der Waals surface area contributed by atoms with Gasteiger partial charge >= 0.3 is 0 Å². The van der Waals surface area contributed by atoms with Gasteiger partial charge in [-0.15, -0.1) is 0 Å². The maximum atomic E-state index is 12.9. The van der Waals surface area contributed by atoms with Gasteiger partial charge in [-0.1, -0.05) is 25.0 Å². The number of allylic oxidation sites excluding steroid dienone is 2. The van der Waals surface area contributed by atoms with Gasteiger partial charge in [0.25, 0.3) is 0 Å². The van der Waals surface area contributed by atoms with E-state index in [1.54, 1.807) is 0 Å². The minimum absolute atomic E-state index is 0.0256. The number of amides is 3. The Labute approximate surface area is 153 Å². The Hall–Kier alpha value is -1.69. The SMILES string of the molecule is O=C1C2C3C=CC(C3)C2C(=O)N1CCNC(=O)[C@@]12CCCC[C@H]1CNC2. The first kappa shape index (κ1) is 16.5. The Morgan fingerprint density at radius 3 is 2.65 bits per heavy atom. The molecule has 4 unspecified atom stereocenters. The maximum absolute atomic E-state index is 12.9. The number of hydrogen-bond donors (Lipinski definition) is 2. The number of fused-ring (bicyclic) bond motifs is 6. The van der Waals surface area contributed by atoms with Crippen molar-refractivity contribution in [1.29, 1.82) is 0 Å². The number of nitrogens with one attached hydrogen (secondary N) is 2. The average Bonchev–Trinajstić information content (AvgIpc) is 3.40. The minimum Gasteiger partial charge on any atom is -0.354 e. The van der Waals surface area contributed by atoms with Crippen LogP contribution >= 0.6 is 0 Å². The van der Waals surface area contributed by atoms with Crippen LogP contribution in [0.1, 0.15) is 32.1 Å². The lowest BCUT2D eigenvalue weighted by atomic mass is 9.67. The van der Waals surface area contributed by atoms with Crippen LogP contribution in [0.3, 0.4) is 0 Å². The summed E-state index contributed by atoms with van der Waals surface area (Å²) in [6.45, 7) is 2.36. The number of rotatable bonds is 4. The van der Waals surface area contributed by atoms with E-state index in [0.717, 1.165) is 38.8 Å². The van der Waals surface area contributed by atoms with Crippen molar-refractivity contribution in [3.05, 3.63) is 12.2 Å². The zero-order valence-corrected chi connectivity index (χ0v) is 15.1. The van der Waals surface area contributed by atoms with Gasteiger partial charge in [0.15, 0.2) is 0 Å². The molecule has 0 radical (unpaired) electrons. The number of carbonyl (C=O) groups excluding carboxylic acids is 3. The Bertz CT molecular complexity index is 660. The quantitative estimate of drug-likeness (QED) is 0.573. The van der Waals surface area contributed by atoms with E-state index in [4.69, 9.17) is 0 Å². The zero-order chi connectivity index (χ0) is 17.9. The standard InChI is InChI=1S/C20H27N3O3/c24-17-15-12-4-5-13(9-12)16(15)18(25)23(17)8-7-22-19(26)20-6-2-1-3-14(20)10-21-11-20/h4-5,12-16,21H,1-3,6-11H2,(H,22,26)/t12?,13?,14-,15?,16?,20+/m0/s1. The van der Waals surface area contributed by atoms with E-state index < -0.39 is 0 Å². The number of nitrogens with zero attached hydrogens (tertiary/aromatic N) is 1. The van der Waals surface area contributed by atoms with Crippen molar-refractivity contribution in [1.82, 2.24) is 15.5 Å². The molecule has 2 heterocycles. The van der Waals surface area contributed by atoms with Crippen molar-refractivity contribution in [3.63, 3.8) is 0 Å². The summed E-state index contributed by atoms with van der Waals surface area (Å²) in [6, 6.07) is 0. The number of imide groups is 1. The smallest absolute Gasteiger partial charge is 0.233 e. The summed E-state index contributed by atoms with van der Waals surface area (Å²) in [4.78, 5) is 39.7. The molecular weight excluding hydrogens is 330 g/mol. The van der Waals surface area contributed by atoms with Gasteiger partial charge in [-0.05, 0) is 43.6 Å². The molecule has 2 saturated carbocycles. The summed E-state index contributed by atoms with van der Waals surface area (Å²) in [5, 5.41) is 6.43. The summed E-state index contributed by atoms with van der Waals surface area (Å²) >= 11 is 0. The summed E-state index contributed by atoms with van der Waals surface area (Å²) in [7, 11) is 0. The average molecular weight is 357 g/mol. The minimum atomic E-state index is -0.281. The highest BCUT2D eigenvalue weighted by atomic mass is 16.2. The number of hydrogen-bond acceptors (Lipinski definition) is 4. The lowest BCUT2D eigenvalue weighted by Gasteiger charge is -2.37. The Kier molecular flexibility index (Phi) is 3.75. The van der Waals surface area contributed by atoms with Gasteiger partial charge in [0.05, 0.1) is 17.3 Å². The molecule has 2 N–H and O–H groups in total. The molecule has 6 atom stereocenters. The van der Waals surface area contributed by atoms with E-state index in [9.17, 15) is 14.4 Å². The molecule has 2 aliphatic heterocycles. The summed E-state index contributed by atoms with van der Waals surface area (Å²) in [5.41, 5.74) is -0.281. The summed E-state index contributed by atoms with van der Waals surface area (Å²) in [5.74, 6) is 0.673. The third kappa shape index (κ3) is 2.17. The topological polar surface area (TPSA) is 78.5 Å². The van der Waals surface area contributed by atoms with Gasteiger partial charge in [0, 0.05) is 19.6 Å². The van der Waals surface area contributed by atoms with Gasteiger partial charge in [0.2, 0.25) is 17.7 Å². The molecule has 140 valence electrons. The highest BCUT2D eigenvalue weighted by molar-refractivity contribution is 6.06. The van der Waals surface area contributed by atoms with E-state index in [1.807, 2.05) is 0 Å². The molecule has 2 bridgehead atoms. The second-order valence-electron chi connectivity index (χ2n) is 8.81. The number of carbonyl (C=O) groups is 3. The van der Waals surface area contributed by atoms with Crippen molar-refractivity contribution in [3.8, 4) is 0 Å². The van der Waals surface area contributed by atoms with Crippen LogP contribution in [0.15, 0.2) is 12.2 Å². The van der Waals surface area contributed by atoms with Gasteiger partial charge in [-0.25, -0.2) is 0 Å². The summed E-state index contributed by atoms with van der Waals surface area (Å²) < 4.78 is 0. The van der Waals surface area contributed by atoms with Crippen LogP contribution in [0, 0.1) is 35.0 Å². The predicted molar refractivity (Wildman–Crippen MR) is 94.7 cm³/mol. The van der Waals surface area contributed by atoms with Crippen LogP contribution in [-0.2, 0) is 14.4 Å². The molecule has 4 fully saturated rings. The van der Waals surface area contributed by atoms with Gasteiger partial charge in [0.1, 0.15) is 0 Å². The second kappa shape index (κ2) is 5.91. The molecule has 3 aliphatic carbocycles. The maximum Gasteiger partial charge on any atom is 0.233 e. The van der Waals surface area contributed by atoms with Crippen molar-refractivity contribution >= 4 is 17.7 Å². The monoisotopic (exact) mass is 357 g/mol. The molecule has 5 aliphatic rings. The molecule has 26 heavy (non-hydrogen) atoms. The van der Waals surface area contributed by atoms with Gasteiger partial charge in [-0.3, -0.25) is 19.3 Å². The second-order valence-corrected chi connectivity index (χ2v) is 8.81. The van der Waals surface area contributed by atoms with E-state index >= 15 is 0 Å². The first-order valence-corrected chi connectivity index (χ1v) is 10.1. The van der Waals surface area contributed by atoms with Crippen LogP contribution < -0.4 is 10.6 Å². The van der Waals surface area contributed by atoms with Crippen LogP contribution in [-0.4, -0.2) is 48.8 Å². The lowest BCUT2D eigenvalue weighted by molar-refractivity contribution is -0.141. The van der Waals surface area contributed by atoms with Crippen molar-refractivity contribution in [2.45, 2.75) is 32.1 Å². The predicted octanol–water partition coefficient (Wildman–Crippen LogP) is 0.690. The Morgan fingerprint density at radius 2 is 1.92 bits per heavy atom. The van der Waals surface area contributed by atoms with Crippen LogP contribution in [0.4, 0.5) is 0 Å². The van der Waals surface area contributed by atoms with Crippen molar-refractivity contribution in [2.24, 2.45) is 35.0 Å². The molecule has 2 saturated heterocycles. The fourth-order valence-electron chi connectivity index (χ4n) is 6.33. The lowest BCUT2D eigenvalue weighted by Crippen LogP contribution is -2.49. The fraction of sp³-hybridized carbons (Fsp3) is 0.750. The van der Waals surface area contributed by atoms with E-state index in [1.165, 1.54) is 11.3 Å². The van der Waals surface area contributed by atoms with Crippen LogP contribution in [0.2, 0.25) is 0 Å². The third-order valence-electron chi connectivity index (χ3n) is 7.67. The van der Waals surface area contributed by atoms with Crippen LogP contribution in [0.5, 0.6) is 0 Å². The Balaban J connectivity index is 1.21. The summed E-state index contributed by atoms with van der Waals surface area (Å²) in [6.07, 6.45) is 9.54. The van der Waals surface area contributed by atoms with Crippen LogP contribution in [0.25, 0.3) is 0 Å². The first-order valence-electron chi connectivity index (χ1n) is 10.1. The van der Waals surface area contributed by atoms with Crippen molar-refractivity contribution in [2.75, 3.05) is 26.2 Å². The molecule has 5 rings (SSSR count). The highest BCUT2D eigenvalue weighted by Crippen LogP contribution is 2.52. The molecule has 0 spiro atoms. The normalized spacial score (nSPS) is 43.1. The third-order valence-corrected chi connectivity index (χ3v) is 7.67. The molecule has 0 aromatic carbocycles. The van der Waals surface area contributed by atoms with E-state index in [2.05, 4.69) is 22.8 Å². The largest absolute Gasteiger partial charge is 0.354 e. The van der Waals surface area contributed by atoms with Gasteiger partial charge < -0.3 is 10.6 Å². The van der Waals surface area contributed by atoms with Gasteiger partial charge in [-0.2, -0.15) is 0 Å². The molecular formula is C20H27N3O3. The zero-order valence-electron chi connectivity index (χ0n) is 15.1. The highest BCUT2D eigenvalue weighted by Gasteiger charge is 2.59. The Morgan fingerprint density at radius 1 is 1.19 bits per heavy atom. The molecule has 3 amide bonds. The van der Waals surface area contributed by atoms with Crippen molar-refractivity contribution < 1.29 is 14.4 Å². The fourth-order valence-corrected chi connectivity index (χ4v) is 6.33. The van der Waals surface area contributed by atoms with E-state index in [0.29, 0.717) is 19.0 Å². The van der Waals surface area contributed by atoms with E-state index in [-0.39, 0.29) is 46.8 Å². The molecule has 0 aromatic heterocycles. The number of likely N-dealkylation sites (tertiary alicyclic amines) is 1. The first-order chi connectivity index (χ1) is 12.6.